The number of hydrogen-bond acceptors (Lipinski definition) is 5. The molecule has 2 aliphatic heterocycles. The number of likely N-dealkylation sites (tertiary alicyclic amines) is 1. The largest absolute Gasteiger partial charge is 0.411 e. The van der Waals surface area contributed by atoms with Gasteiger partial charge in [-0.25, -0.2) is 4.39 Å². The molecule has 1 aromatic heterocycles. The molecule has 7 nitrogen and oxygen atoms in total. The van der Waals surface area contributed by atoms with Gasteiger partial charge in [-0.2, -0.15) is 0 Å². The fraction of sp³-hybridized carbons (Fsp3) is 0.480. The summed E-state index contributed by atoms with van der Waals surface area (Å²) in [6.07, 6.45) is 6.03. The number of carbonyl (C=O) groups excluding carboxylic acids is 2. The number of piperidine rings is 1. The summed E-state index contributed by atoms with van der Waals surface area (Å²) in [7, 11) is 1.76. The molecule has 1 aromatic carbocycles. The van der Waals surface area contributed by atoms with E-state index in [1.165, 1.54) is 12.1 Å². The molecule has 176 valence electrons. The highest BCUT2D eigenvalue weighted by Gasteiger charge is 2.28. The molecule has 1 saturated heterocycles. The van der Waals surface area contributed by atoms with Crippen LogP contribution in [0.15, 0.2) is 41.7 Å². The lowest BCUT2D eigenvalue weighted by Crippen LogP contribution is -2.37. The van der Waals surface area contributed by atoms with Crippen molar-refractivity contribution >= 4 is 17.4 Å². The maximum absolute atomic E-state index is 13.1. The number of oxime groups is 1. The van der Waals surface area contributed by atoms with Gasteiger partial charge in [-0.05, 0) is 75.6 Å². The first-order valence-corrected chi connectivity index (χ1v) is 11.7. The van der Waals surface area contributed by atoms with Crippen molar-refractivity contribution in [1.82, 2.24) is 14.4 Å². The van der Waals surface area contributed by atoms with Crippen molar-refractivity contribution in [2.75, 3.05) is 33.2 Å². The SMILES string of the molecule is CN1CC/C(=N/O)c2c(ccn2CCCCN2CCC(C(=O)c3ccc(F)cc3)CC2)C1=O. The van der Waals surface area contributed by atoms with Gasteiger partial charge in [0.15, 0.2) is 5.78 Å². The Morgan fingerprint density at radius 1 is 1.09 bits per heavy atom. The van der Waals surface area contributed by atoms with Crippen LogP contribution in [-0.2, 0) is 6.54 Å². The zero-order valence-electron chi connectivity index (χ0n) is 19.0. The van der Waals surface area contributed by atoms with Crippen LogP contribution >= 0.6 is 0 Å². The maximum Gasteiger partial charge on any atom is 0.255 e. The molecule has 0 aliphatic carbocycles. The van der Waals surface area contributed by atoms with E-state index in [4.69, 9.17) is 0 Å². The van der Waals surface area contributed by atoms with Gasteiger partial charge in [-0.15, -0.1) is 0 Å². The first-order chi connectivity index (χ1) is 16.0. The number of nitrogens with zero attached hydrogens (tertiary/aromatic N) is 4. The number of rotatable bonds is 7. The van der Waals surface area contributed by atoms with Gasteiger partial charge in [0, 0.05) is 44.2 Å². The minimum absolute atomic E-state index is 0.00824. The molecule has 8 heteroatoms. The molecule has 2 aliphatic rings. The number of hydrogen-bond donors (Lipinski definition) is 1. The molecule has 0 atom stereocenters. The van der Waals surface area contributed by atoms with E-state index in [2.05, 4.69) is 10.1 Å². The fourth-order valence-electron chi connectivity index (χ4n) is 4.84. The van der Waals surface area contributed by atoms with E-state index in [-0.39, 0.29) is 23.4 Å². The molecule has 0 spiro atoms. The number of carbonyl (C=O) groups is 2. The molecule has 1 amide bonds. The average molecular weight is 455 g/mol. The highest BCUT2D eigenvalue weighted by atomic mass is 19.1. The van der Waals surface area contributed by atoms with Crippen molar-refractivity contribution in [2.45, 2.75) is 38.6 Å². The highest BCUT2D eigenvalue weighted by Crippen LogP contribution is 2.23. The second-order valence-electron chi connectivity index (χ2n) is 8.99. The van der Waals surface area contributed by atoms with Gasteiger partial charge >= 0.3 is 0 Å². The summed E-state index contributed by atoms with van der Waals surface area (Å²) in [5.74, 6) is -0.241. The van der Waals surface area contributed by atoms with Gasteiger partial charge in [0.05, 0.1) is 11.3 Å². The second-order valence-corrected chi connectivity index (χ2v) is 8.99. The maximum atomic E-state index is 13.1. The van der Waals surface area contributed by atoms with Crippen LogP contribution in [0.5, 0.6) is 0 Å². The summed E-state index contributed by atoms with van der Waals surface area (Å²) in [6.45, 7) is 4.03. The molecule has 3 heterocycles. The summed E-state index contributed by atoms with van der Waals surface area (Å²) in [4.78, 5) is 29.3. The van der Waals surface area contributed by atoms with E-state index in [9.17, 15) is 19.2 Å². The Labute approximate surface area is 193 Å². The van der Waals surface area contributed by atoms with Crippen LogP contribution in [-0.4, -0.2) is 70.2 Å². The molecule has 4 rings (SSSR count). The standard InChI is InChI=1S/C25H31FN4O3/c1-28-14-11-22(27-33)23-21(25(28)32)10-17-30(23)13-3-2-12-29-15-8-19(9-16-29)24(31)18-4-6-20(26)7-5-18/h4-7,10,17,19,33H,2-3,8-9,11-16H2,1H3/b27-22-. The zero-order valence-corrected chi connectivity index (χ0v) is 19.0. The van der Waals surface area contributed by atoms with Crippen LogP contribution in [0.3, 0.4) is 0 Å². The third-order valence-electron chi connectivity index (χ3n) is 6.83. The lowest BCUT2D eigenvalue weighted by Gasteiger charge is -2.31. The molecule has 0 radical (unpaired) electrons. The van der Waals surface area contributed by atoms with Crippen LogP contribution in [0.1, 0.15) is 58.5 Å². The molecule has 0 saturated carbocycles. The Kier molecular flexibility index (Phi) is 7.23. The monoisotopic (exact) mass is 454 g/mol. The van der Waals surface area contributed by atoms with Gasteiger partial charge in [0.25, 0.3) is 5.91 Å². The lowest BCUT2D eigenvalue weighted by atomic mass is 9.89. The van der Waals surface area contributed by atoms with Crippen LogP contribution in [0.4, 0.5) is 4.39 Å². The van der Waals surface area contributed by atoms with E-state index in [1.807, 2.05) is 16.8 Å². The summed E-state index contributed by atoms with van der Waals surface area (Å²) >= 11 is 0. The third-order valence-corrected chi connectivity index (χ3v) is 6.83. The Hall–Kier alpha value is -3.00. The highest BCUT2D eigenvalue weighted by molar-refractivity contribution is 6.10. The molecule has 1 N–H and O–H groups in total. The van der Waals surface area contributed by atoms with Crippen molar-refractivity contribution in [1.29, 1.82) is 0 Å². The van der Waals surface area contributed by atoms with Gasteiger partial charge in [-0.1, -0.05) is 5.16 Å². The van der Waals surface area contributed by atoms with Crippen molar-refractivity contribution in [3.05, 3.63) is 59.2 Å². The third kappa shape index (κ3) is 5.16. The van der Waals surface area contributed by atoms with Gasteiger partial charge < -0.3 is 19.6 Å². The molecular weight excluding hydrogens is 423 g/mol. The van der Waals surface area contributed by atoms with Crippen LogP contribution in [0.2, 0.25) is 0 Å². The Balaban J connectivity index is 1.25. The molecule has 0 unspecified atom stereocenters. The summed E-state index contributed by atoms with van der Waals surface area (Å²) < 4.78 is 15.1. The fourth-order valence-corrected chi connectivity index (χ4v) is 4.84. The van der Waals surface area contributed by atoms with Gasteiger partial charge in [0.1, 0.15) is 11.5 Å². The Morgan fingerprint density at radius 3 is 2.48 bits per heavy atom. The normalized spacial score (nSPS) is 19.0. The van der Waals surface area contributed by atoms with Gasteiger partial charge in [0.2, 0.25) is 0 Å². The first-order valence-electron chi connectivity index (χ1n) is 11.7. The Bertz CT molecular complexity index is 1020. The van der Waals surface area contributed by atoms with Crippen molar-refractivity contribution in [3.8, 4) is 0 Å². The number of amides is 1. The predicted octanol–water partition coefficient (Wildman–Crippen LogP) is 3.66. The second kappa shape index (κ2) is 10.3. The average Bonchev–Trinajstić information content (AvgIpc) is 3.20. The van der Waals surface area contributed by atoms with Crippen LogP contribution in [0.25, 0.3) is 0 Å². The topological polar surface area (TPSA) is 78.1 Å². The number of aryl methyl sites for hydroxylation is 1. The number of benzene rings is 1. The van der Waals surface area contributed by atoms with E-state index in [0.717, 1.165) is 57.6 Å². The molecular formula is C25H31FN4O3. The summed E-state index contributed by atoms with van der Waals surface area (Å²) in [5, 5.41) is 12.9. The molecule has 0 bridgehead atoms. The summed E-state index contributed by atoms with van der Waals surface area (Å²) in [5.41, 5.74) is 2.47. The number of Topliss-reactive ketones (excluding diaryl/α,β-unsaturated/α-hetero) is 1. The van der Waals surface area contributed by atoms with E-state index < -0.39 is 0 Å². The number of ketones is 1. The number of unbranched alkanes of at least 4 members (excludes halogenated alkanes) is 1. The smallest absolute Gasteiger partial charge is 0.255 e. The molecule has 1 fully saturated rings. The van der Waals surface area contributed by atoms with Crippen LogP contribution in [0, 0.1) is 11.7 Å². The molecule has 2 aromatic rings. The van der Waals surface area contributed by atoms with E-state index in [1.54, 1.807) is 24.1 Å². The van der Waals surface area contributed by atoms with Gasteiger partial charge in [-0.3, -0.25) is 9.59 Å². The van der Waals surface area contributed by atoms with Crippen molar-refractivity contribution < 1.29 is 19.2 Å². The predicted molar refractivity (Wildman–Crippen MR) is 123 cm³/mol. The van der Waals surface area contributed by atoms with Crippen LogP contribution < -0.4 is 0 Å². The minimum atomic E-state index is -0.323. The first kappa shape index (κ1) is 23.2. The van der Waals surface area contributed by atoms with Crippen molar-refractivity contribution in [3.63, 3.8) is 0 Å². The number of halogens is 1. The quantitative estimate of drug-likeness (QED) is 0.300. The Morgan fingerprint density at radius 2 is 1.79 bits per heavy atom. The lowest BCUT2D eigenvalue weighted by molar-refractivity contribution is 0.0800. The minimum Gasteiger partial charge on any atom is -0.411 e. The van der Waals surface area contributed by atoms with E-state index in [0.29, 0.717) is 29.8 Å². The van der Waals surface area contributed by atoms with Crippen molar-refractivity contribution in [2.24, 2.45) is 11.1 Å². The van der Waals surface area contributed by atoms with E-state index >= 15 is 0 Å². The summed E-state index contributed by atoms with van der Waals surface area (Å²) in [6, 6.07) is 7.65. The zero-order chi connectivity index (χ0) is 23.4. The number of fused-ring (bicyclic) bond motifs is 1. The molecule has 33 heavy (non-hydrogen) atoms. The number of aromatic nitrogens is 1.